The van der Waals surface area contributed by atoms with Crippen molar-refractivity contribution >= 4 is 0 Å². The SMILES string of the molecule is CCCCC(CC)C(Cc1cccnc1)NN. The van der Waals surface area contributed by atoms with Crippen LogP contribution in [0.2, 0.25) is 0 Å². The van der Waals surface area contributed by atoms with Crippen molar-refractivity contribution < 1.29 is 0 Å². The molecule has 0 aliphatic heterocycles. The molecule has 0 aliphatic carbocycles. The van der Waals surface area contributed by atoms with Crippen LogP contribution in [-0.2, 0) is 6.42 Å². The van der Waals surface area contributed by atoms with Crippen molar-refractivity contribution in [2.75, 3.05) is 0 Å². The zero-order valence-corrected chi connectivity index (χ0v) is 11.0. The molecule has 2 atom stereocenters. The zero-order valence-electron chi connectivity index (χ0n) is 11.0. The second-order valence-corrected chi connectivity index (χ2v) is 4.65. The van der Waals surface area contributed by atoms with E-state index in [2.05, 4.69) is 30.3 Å². The van der Waals surface area contributed by atoms with Gasteiger partial charge in [-0.25, -0.2) is 0 Å². The quantitative estimate of drug-likeness (QED) is 0.538. The van der Waals surface area contributed by atoms with Crippen LogP contribution in [0.25, 0.3) is 0 Å². The molecule has 0 saturated carbocycles. The maximum absolute atomic E-state index is 5.70. The van der Waals surface area contributed by atoms with E-state index in [0.717, 1.165) is 6.42 Å². The van der Waals surface area contributed by atoms with Crippen molar-refractivity contribution in [2.45, 2.75) is 52.0 Å². The highest BCUT2D eigenvalue weighted by molar-refractivity contribution is 5.10. The summed E-state index contributed by atoms with van der Waals surface area (Å²) in [5.74, 6) is 6.35. The van der Waals surface area contributed by atoms with Crippen molar-refractivity contribution in [3.05, 3.63) is 30.1 Å². The van der Waals surface area contributed by atoms with Crippen LogP contribution in [0.3, 0.4) is 0 Å². The lowest BCUT2D eigenvalue weighted by atomic mass is 9.88. The molecule has 1 aromatic rings. The molecule has 0 aliphatic rings. The molecule has 0 saturated heterocycles. The number of unbranched alkanes of at least 4 members (excludes halogenated alkanes) is 1. The second kappa shape index (κ2) is 8.20. The molecule has 1 rings (SSSR count). The summed E-state index contributed by atoms with van der Waals surface area (Å²) in [6, 6.07) is 4.45. The number of aromatic nitrogens is 1. The number of hydrazine groups is 1. The van der Waals surface area contributed by atoms with Crippen LogP contribution in [0.4, 0.5) is 0 Å². The summed E-state index contributed by atoms with van der Waals surface area (Å²) in [6.45, 7) is 4.48. The molecule has 3 nitrogen and oxygen atoms in total. The van der Waals surface area contributed by atoms with Gasteiger partial charge >= 0.3 is 0 Å². The van der Waals surface area contributed by atoms with E-state index < -0.39 is 0 Å². The first-order valence-corrected chi connectivity index (χ1v) is 6.66. The molecule has 0 fully saturated rings. The van der Waals surface area contributed by atoms with E-state index in [9.17, 15) is 0 Å². The molecule has 3 heteroatoms. The van der Waals surface area contributed by atoms with Crippen molar-refractivity contribution in [3.63, 3.8) is 0 Å². The van der Waals surface area contributed by atoms with E-state index in [1.54, 1.807) is 0 Å². The summed E-state index contributed by atoms with van der Waals surface area (Å²) < 4.78 is 0. The zero-order chi connectivity index (χ0) is 12.5. The first-order valence-electron chi connectivity index (χ1n) is 6.66. The van der Waals surface area contributed by atoms with Crippen LogP contribution in [0.15, 0.2) is 24.5 Å². The van der Waals surface area contributed by atoms with E-state index in [1.165, 1.54) is 31.2 Å². The van der Waals surface area contributed by atoms with Crippen molar-refractivity contribution in [1.82, 2.24) is 10.4 Å². The Kier molecular flexibility index (Phi) is 6.82. The molecule has 0 spiro atoms. The molecular formula is C14H25N3. The highest BCUT2D eigenvalue weighted by Crippen LogP contribution is 2.19. The molecule has 3 N–H and O–H groups in total. The molecule has 96 valence electrons. The number of nitrogens with zero attached hydrogens (tertiary/aromatic N) is 1. The van der Waals surface area contributed by atoms with Gasteiger partial charge in [-0.3, -0.25) is 16.3 Å². The third-order valence-electron chi connectivity index (χ3n) is 3.41. The van der Waals surface area contributed by atoms with Crippen LogP contribution in [-0.4, -0.2) is 11.0 Å². The summed E-state index contributed by atoms with van der Waals surface area (Å²) in [5, 5.41) is 0. The highest BCUT2D eigenvalue weighted by Gasteiger charge is 2.18. The number of nitrogens with one attached hydrogen (secondary N) is 1. The average Bonchev–Trinajstić information content (AvgIpc) is 2.39. The Hall–Kier alpha value is -0.930. The van der Waals surface area contributed by atoms with Crippen molar-refractivity contribution in [2.24, 2.45) is 11.8 Å². The Balaban J connectivity index is 2.56. The van der Waals surface area contributed by atoms with Gasteiger partial charge in [0.2, 0.25) is 0 Å². The summed E-state index contributed by atoms with van der Waals surface area (Å²) in [6.07, 6.45) is 9.66. The molecular weight excluding hydrogens is 210 g/mol. The van der Waals surface area contributed by atoms with Gasteiger partial charge in [-0.15, -0.1) is 0 Å². The Bertz CT molecular complexity index is 287. The van der Waals surface area contributed by atoms with Gasteiger partial charge in [-0.2, -0.15) is 0 Å². The van der Waals surface area contributed by atoms with E-state index in [0.29, 0.717) is 12.0 Å². The number of nitrogens with two attached hydrogens (primary N) is 1. The Morgan fingerprint density at radius 2 is 2.24 bits per heavy atom. The molecule has 1 heterocycles. The van der Waals surface area contributed by atoms with Crippen LogP contribution < -0.4 is 11.3 Å². The van der Waals surface area contributed by atoms with Gasteiger partial charge in [0.25, 0.3) is 0 Å². The third-order valence-corrected chi connectivity index (χ3v) is 3.41. The van der Waals surface area contributed by atoms with Gasteiger partial charge < -0.3 is 0 Å². The van der Waals surface area contributed by atoms with Gasteiger partial charge in [0.05, 0.1) is 0 Å². The average molecular weight is 235 g/mol. The lowest BCUT2D eigenvalue weighted by molar-refractivity contribution is 0.318. The topological polar surface area (TPSA) is 50.9 Å². The van der Waals surface area contributed by atoms with E-state index in [1.807, 2.05) is 18.5 Å². The number of pyridine rings is 1. The first kappa shape index (κ1) is 14.1. The van der Waals surface area contributed by atoms with Crippen LogP contribution in [0, 0.1) is 5.92 Å². The van der Waals surface area contributed by atoms with Crippen LogP contribution >= 0.6 is 0 Å². The summed E-state index contributed by atoms with van der Waals surface area (Å²) >= 11 is 0. The smallest absolute Gasteiger partial charge is 0.0300 e. The highest BCUT2D eigenvalue weighted by atomic mass is 15.2. The van der Waals surface area contributed by atoms with E-state index >= 15 is 0 Å². The van der Waals surface area contributed by atoms with Gasteiger partial charge in [-0.05, 0) is 30.4 Å². The van der Waals surface area contributed by atoms with Crippen molar-refractivity contribution in [3.8, 4) is 0 Å². The van der Waals surface area contributed by atoms with Crippen LogP contribution in [0.5, 0.6) is 0 Å². The van der Waals surface area contributed by atoms with Gasteiger partial charge in [0, 0.05) is 18.4 Å². The molecule has 0 amide bonds. The minimum Gasteiger partial charge on any atom is -0.271 e. The molecule has 2 unspecified atom stereocenters. The molecule has 0 bridgehead atoms. The summed E-state index contributed by atoms with van der Waals surface area (Å²) in [5.41, 5.74) is 4.24. The lowest BCUT2D eigenvalue weighted by Gasteiger charge is -2.25. The maximum Gasteiger partial charge on any atom is 0.0300 e. The predicted octanol–water partition coefficient (Wildman–Crippen LogP) is 2.67. The van der Waals surface area contributed by atoms with Crippen LogP contribution in [0.1, 0.15) is 45.1 Å². The number of hydrogen-bond acceptors (Lipinski definition) is 3. The fraction of sp³-hybridized carbons (Fsp3) is 0.643. The van der Waals surface area contributed by atoms with Gasteiger partial charge in [0.15, 0.2) is 0 Å². The molecule has 1 aromatic heterocycles. The minimum atomic E-state index is 0.357. The Morgan fingerprint density at radius 3 is 2.76 bits per heavy atom. The summed E-state index contributed by atoms with van der Waals surface area (Å²) in [7, 11) is 0. The standard InChI is InChI=1S/C14H25N3/c1-3-5-8-13(4-2)14(17-15)10-12-7-6-9-16-11-12/h6-7,9,11,13-14,17H,3-5,8,10,15H2,1-2H3. The molecule has 0 radical (unpaired) electrons. The summed E-state index contributed by atoms with van der Waals surface area (Å²) in [4.78, 5) is 4.15. The normalized spacial score (nSPS) is 14.5. The monoisotopic (exact) mass is 235 g/mol. The molecule has 17 heavy (non-hydrogen) atoms. The number of rotatable bonds is 8. The first-order chi connectivity index (χ1) is 8.31. The van der Waals surface area contributed by atoms with Gasteiger partial charge in [-0.1, -0.05) is 39.2 Å². The van der Waals surface area contributed by atoms with E-state index in [4.69, 9.17) is 5.84 Å². The Morgan fingerprint density at radius 1 is 1.41 bits per heavy atom. The predicted molar refractivity (Wildman–Crippen MR) is 72.4 cm³/mol. The largest absolute Gasteiger partial charge is 0.271 e. The van der Waals surface area contributed by atoms with Gasteiger partial charge in [0.1, 0.15) is 0 Å². The third kappa shape index (κ3) is 4.84. The Labute approximate surface area is 105 Å². The molecule has 0 aromatic carbocycles. The minimum absolute atomic E-state index is 0.357. The fourth-order valence-electron chi connectivity index (χ4n) is 2.29. The van der Waals surface area contributed by atoms with Crippen molar-refractivity contribution in [1.29, 1.82) is 0 Å². The lowest BCUT2D eigenvalue weighted by Crippen LogP contribution is -2.42. The number of hydrogen-bond donors (Lipinski definition) is 2. The van der Waals surface area contributed by atoms with E-state index in [-0.39, 0.29) is 0 Å². The second-order valence-electron chi connectivity index (χ2n) is 4.65. The maximum atomic E-state index is 5.70. The fourth-order valence-corrected chi connectivity index (χ4v) is 2.29.